The van der Waals surface area contributed by atoms with E-state index >= 15 is 0 Å². The first-order valence-corrected chi connectivity index (χ1v) is 6.41. The molecule has 0 radical (unpaired) electrons. The maximum absolute atomic E-state index is 11.5. The van der Waals surface area contributed by atoms with E-state index in [0.29, 0.717) is 17.3 Å². The van der Waals surface area contributed by atoms with Crippen molar-refractivity contribution in [3.63, 3.8) is 0 Å². The Balaban J connectivity index is 1.63. The van der Waals surface area contributed by atoms with Crippen LogP contribution in [0.2, 0.25) is 0 Å². The monoisotopic (exact) mass is 241 g/mol. The predicted molar refractivity (Wildman–Crippen MR) is 63.6 cm³/mol. The van der Waals surface area contributed by atoms with Crippen LogP contribution in [-0.4, -0.2) is 35.7 Å². The molecule has 1 aliphatic heterocycles. The van der Waals surface area contributed by atoms with Crippen molar-refractivity contribution in [3.05, 3.63) is 11.8 Å². The summed E-state index contributed by atoms with van der Waals surface area (Å²) < 4.78 is 4.85. The molecule has 0 spiro atoms. The average molecular weight is 241 g/mol. The molecule has 2 rings (SSSR count). The van der Waals surface area contributed by atoms with E-state index < -0.39 is 0 Å². The molecule has 5 nitrogen and oxygen atoms in total. The quantitative estimate of drug-likeness (QED) is 0.801. The van der Waals surface area contributed by atoms with Crippen molar-refractivity contribution in [2.45, 2.75) is 6.92 Å². The Labute approximate surface area is 98.3 Å². The van der Waals surface area contributed by atoms with Crippen molar-refractivity contribution >= 4 is 23.5 Å². The van der Waals surface area contributed by atoms with Crippen molar-refractivity contribution in [2.75, 3.05) is 29.9 Å². The van der Waals surface area contributed by atoms with Crippen LogP contribution in [0.25, 0.3) is 0 Å². The van der Waals surface area contributed by atoms with Crippen LogP contribution in [-0.2, 0) is 4.79 Å². The van der Waals surface area contributed by atoms with Crippen LogP contribution in [0.5, 0.6) is 0 Å². The Hall–Kier alpha value is -1.01. The van der Waals surface area contributed by atoms with Gasteiger partial charge in [-0.3, -0.25) is 4.79 Å². The summed E-state index contributed by atoms with van der Waals surface area (Å²) in [6, 6.07) is 1.71. The van der Waals surface area contributed by atoms with Gasteiger partial charge in [-0.15, -0.1) is 0 Å². The summed E-state index contributed by atoms with van der Waals surface area (Å²) in [5.41, 5.74) is 0. The van der Waals surface area contributed by atoms with E-state index in [0.717, 1.165) is 24.8 Å². The zero-order valence-corrected chi connectivity index (χ0v) is 9.97. The minimum absolute atomic E-state index is 0.0226. The van der Waals surface area contributed by atoms with Crippen molar-refractivity contribution < 1.29 is 9.32 Å². The third kappa shape index (κ3) is 3.24. The second-order valence-electron chi connectivity index (χ2n) is 3.91. The molecule has 1 saturated heterocycles. The smallest absolute Gasteiger partial charge is 0.235 e. The largest absolute Gasteiger partial charge is 0.360 e. The maximum atomic E-state index is 11.5. The molecule has 0 aromatic carbocycles. The van der Waals surface area contributed by atoms with Crippen molar-refractivity contribution in [3.8, 4) is 0 Å². The second-order valence-corrected chi connectivity index (χ2v) is 4.94. The third-order valence-corrected chi connectivity index (χ3v) is 3.52. The molecule has 1 fully saturated rings. The Morgan fingerprint density at radius 3 is 3.12 bits per heavy atom. The number of carbonyl (C=O) groups is 1. The van der Waals surface area contributed by atoms with Gasteiger partial charge in [-0.2, -0.15) is 11.8 Å². The molecule has 1 aromatic heterocycles. The first kappa shape index (κ1) is 11.5. The van der Waals surface area contributed by atoms with Crippen LogP contribution in [0.1, 0.15) is 5.76 Å². The zero-order chi connectivity index (χ0) is 11.4. The van der Waals surface area contributed by atoms with Crippen molar-refractivity contribution in [2.24, 2.45) is 5.92 Å². The molecule has 0 unspecified atom stereocenters. The van der Waals surface area contributed by atoms with Crippen LogP contribution >= 0.6 is 11.8 Å². The number of amides is 1. The van der Waals surface area contributed by atoms with Crippen LogP contribution in [0.3, 0.4) is 0 Å². The summed E-state index contributed by atoms with van der Waals surface area (Å²) >= 11 is 1.66. The molecule has 1 aromatic rings. The van der Waals surface area contributed by atoms with Gasteiger partial charge in [0.25, 0.3) is 0 Å². The highest BCUT2D eigenvalue weighted by molar-refractivity contribution is 7.99. The molecule has 6 heteroatoms. The number of carbonyl (C=O) groups excluding carboxylic acids is 1. The second kappa shape index (κ2) is 5.36. The van der Waals surface area contributed by atoms with Gasteiger partial charge in [-0.25, -0.2) is 0 Å². The molecule has 2 N–H and O–H groups in total. The van der Waals surface area contributed by atoms with E-state index in [1.807, 2.05) is 0 Å². The van der Waals surface area contributed by atoms with E-state index in [1.54, 1.807) is 24.8 Å². The number of hydrogen-bond donors (Lipinski definition) is 2. The van der Waals surface area contributed by atoms with Gasteiger partial charge < -0.3 is 15.2 Å². The summed E-state index contributed by atoms with van der Waals surface area (Å²) in [6.07, 6.45) is 0. The number of aryl methyl sites for hydroxylation is 1. The molecule has 0 aliphatic carbocycles. The van der Waals surface area contributed by atoms with E-state index in [4.69, 9.17) is 4.52 Å². The van der Waals surface area contributed by atoms with E-state index in [2.05, 4.69) is 15.8 Å². The van der Waals surface area contributed by atoms with Gasteiger partial charge in [0, 0.05) is 6.07 Å². The lowest BCUT2D eigenvalue weighted by Crippen LogP contribution is -2.43. The molecule has 2 heterocycles. The fourth-order valence-electron chi connectivity index (χ4n) is 1.39. The molecule has 1 amide bonds. The van der Waals surface area contributed by atoms with E-state index in [1.165, 1.54) is 0 Å². The minimum Gasteiger partial charge on any atom is -0.360 e. The lowest BCUT2D eigenvalue weighted by Gasteiger charge is -2.26. The number of aromatic nitrogens is 1. The predicted octanol–water partition coefficient (Wildman–Crippen LogP) is 0.874. The Morgan fingerprint density at radius 1 is 1.75 bits per heavy atom. The number of nitrogens with zero attached hydrogens (tertiary/aromatic N) is 1. The van der Waals surface area contributed by atoms with Crippen LogP contribution < -0.4 is 10.6 Å². The number of rotatable bonds is 5. The van der Waals surface area contributed by atoms with Crippen LogP contribution in [0, 0.1) is 12.8 Å². The van der Waals surface area contributed by atoms with Gasteiger partial charge in [0.15, 0.2) is 5.82 Å². The summed E-state index contributed by atoms with van der Waals surface area (Å²) in [7, 11) is 0. The van der Waals surface area contributed by atoms with E-state index in [9.17, 15) is 4.79 Å². The minimum atomic E-state index is -0.0226. The lowest BCUT2D eigenvalue weighted by atomic mass is 10.1. The number of nitrogens with one attached hydrogen (secondary N) is 2. The highest BCUT2D eigenvalue weighted by atomic mass is 32.2. The Kier molecular flexibility index (Phi) is 3.84. The third-order valence-electron chi connectivity index (χ3n) is 2.35. The number of thioether (sulfide) groups is 1. The molecule has 0 atom stereocenters. The number of hydrogen-bond acceptors (Lipinski definition) is 5. The van der Waals surface area contributed by atoms with Crippen molar-refractivity contribution in [1.82, 2.24) is 10.5 Å². The van der Waals surface area contributed by atoms with Gasteiger partial charge in [-0.05, 0) is 31.7 Å². The fourth-order valence-corrected chi connectivity index (χ4v) is 2.33. The highest BCUT2D eigenvalue weighted by Crippen LogP contribution is 2.13. The Bertz CT molecular complexity index is 363. The zero-order valence-electron chi connectivity index (χ0n) is 9.16. The SMILES string of the molecule is Cc1cc(NC(=O)CSCC2CNC2)no1. The molecule has 88 valence electrons. The normalized spacial score (nSPS) is 15.8. The topological polar surface area (TPSA) is 67.2 Å². The molecular weight excluding hydrogens is 226 g/mol. The molecule has 0 bridgehead atoms. The van der Waals surface area contributed by atoms with Gasteiger partial charge in [0.1, 0.15) is 5.76 Å². The van der Waals surface area contributed by atoms with Gasteiger partial charge in [0.05, 0.1) is 5.75 Å². The summed E-state index contributed by atoms with van der Waals surface area (Å²) in [5, 5.41) is 9.60. The van der Waals surface area contributed by atoms with Crippen LogP contribution in [0.4, 0.5) is 5.82 Å². The molecule has 16 heavy (non-hydrogen) atoms. The molecular formula is C10H15N3O2S. The van der Waals surface area contributed by atoms with E-state index in [-0.39, 0.29) is 5.91 Å². The lowest BCUT2D eigenvalue weighted by molar-refractivity contribution is -0.113. The standard InChI is InChI=1S/C10H15N3O2S/c1-7-2-9(13-15-7)12-10(14)6-16-5-8-3-11-4-8/h2,8,11H,3-6H2,1H3,(H,12,13,14). The van der Waals surface area contributed by atoms with Gasteiger partial charge >= 0.3 is 0 Å². The summed E-state index contributed by atoms with van der Waals surface area (Å²) in [5.74, 6) is 3.41. The number of anilines is 1. The average Bonchev–Trinajstić information content (AvgIpc) is 2.56. The maximum Gasteiger partial charge on any atom is 0.235 e. The fraction of sp³-hybridized carbons (Fsp3) is 0.600. The van der Waals surface area contributed by atoms with Gasteiger partial charge in [-0.1, -0.05) is 5.16 Å². The molecule has 0 saturated carbocycles. The van der Waals surface area contributed by atoms with Gasteiger partial charge in [0.2, 0.25) is 5.91 Å². The summed E-state index contributed by atoms with van der Waals surface area (Å²) in [6.45, 7) is 3.95. The Morgan fingerprint density at radius 2 is 2.56 bits per heavy atom. The first-order valence-electron chi connectivity index (χ1n) is 5.25. The first-order chi connectivity index (χ1) is 7.74. The van der Waals surface area contributed by atoms with Crippen LogP contribution in [0.15, 0.2) is 10.6 Å². The van der Waals surface area contributed by atoms with Crippen molar-refractivity contribution in [1.29, 1.82) is 0 Å². The molecule has 1 aliphatic rings. The highest BCUT2D eigenvalue weighted by Gasteiger charge is 2.16. The summed E-state index contributed by atoms with van der Waals surface area (Å²) in [4.78, 5) is 11.5.